The van der Waals surface area contributed by atoms with E-state index in [4.69, 9.17) is 40.4 Å². The summed E-state index contributed by atoms with van der Waals surface area (Å²) in [6, 6.07) is 2.52. The van der Waals surface area contributed by atoms with Gasteiger partial charge in [-0.05, 0) is 58.2 Å². The second-order valence-electron chi connectivity index (χ2n) is 15.6. The molecule has 15 nitrogen and oxygen atoms in total. The lowest BCUT2D eigenvalue weighted by Gasteiger charge is -2.59. The number of nitrogens with zero attached hydrogens (tertiary/aromatic N) is 2. The van der Waals surface area contributed by atoms with Crippen LogP contribution in [0.25, 0.3) is 0 Å². The quantitative estimate of drug-likeness (QED) is 0.125. The highest BCUT2D eigenvalue weighted by molar-refractivity contribution is 8.76. The number of nitrogens with one attached hydrogen (secondary N) is 1. The maximum Gasteiger partial charge on any atom is 0.409 e. The number of aliphatic hydroxyl groups is 1. The molecule has 0 radical (unpaired) electrons. The first-order valence-electron chi connectivity index (χ1n) is 19.0. The third-order valence-electron chi connectivity index (χ3n) is 10.8. The predicted octanol–water partition coefficient (Wildman–Crippen LogP) is 5.68. The molecule has 4 aliphatic heterocycles. The number of carboxylic acid groups (broad SMARTS) is 1. The zero-order chi connectivity index (χ0) is 43.2. The Labute approximate surface area is 352 Å². The molecule has 3 N–H and O–H groups in total. The smallest absolute Gasteiger partial charge is 0.409 e. The average molecular weight is 870 g/mol. The van der Waals surface area contributed by atoms with Crippen LogP contribution in [0, 0.1) is 0 Å². The first kappa shape index (κ1) is 47.2. The molecule has 6 bridgehead atoms. The van der Waals surface area contributed by atoms with E-state index in [1.54, 1.807) is 45.2 Å². The molecular weight excluding hydrogens is 814 g/mol. The summed E-state index contributed by atoms with van der Waals surface area (Å²) in [5, 5.41) is 23.5. The van der Waals surface area contributed by atoms with Gasteiger partial charge >= 0.3 is 18.0 Å². The normalized spacial score (nSPS) is 30.0. The minimum absolute atomic E-state index is 0.0664. The molecule has 58 heavy (non-hydrogen) atoms. The number of likely N-dealkylation sites (N-methyl/N-ethyl adjacent to an activating group) is 1. The van der Waals surface area contributed by atoms with Crippen molar-refractivity contribution in [1.29, 1.82) is 0 Å². The molecule has 3 amide bonds. The van der Waals surface area contributed by atoms with Crippen LogP contribution >= 0.6 is 33.2 Å². The zero-order valence-electron chi connectivity index (χ0n) is 34.5. The number of carbonyl (C=O) groups is 5. The standard InChI is InChI=1S/C40H56ClN3O12S2/c1-23-11-10-12-29(53-9)40(51)21-31(55-37(50)42-40)39(5)22-38(4,56-39)30(20-33(46)44(7)27-18-26(17-23)19-28(52-8)35(27)41)54-36(49)25(3)43(6)32(45)15-16-57-58-24(2)13-14-34(47)48/h10-12,18-19,24-25,29-31,51H,13-17,20-22H2,1-9H3,(H,42,50)(H,47,48)/b12-10+,23-11+. The van der Waals surface area contributed by atoms with E-state index < -0.39 is 65.2 Å². The van der Waals surface area contributed by atoms with Crippen LogP contribution in [0.4, 0.5) is 10.5 Å². The van der Waals surface area contributed by atoms with E-state index in [1.165, 1.54) is 59.6 Å². The number of methoxy groups -OCH3 is 2. The molecule has 1 aromatic rings. The number of ether oxygens (including phenoxy) is 5. The fraction of sp³-hybridized carbons (Fsp3) is 0.625. The zero-order valence-corrected chi connectivity index (χ0v) is 36.9. The summed E-state index contributed by atoms with van der Waals surface area (Å²) in [7, 11) is 8.92. The van der Waals surface area contributed by atoms with E-state index in [0.29, 0.717) is 30.0 Å². The summed E-state index contributed by atoms with van der Waals surface area (Å²) < 4.78 is 29.5. The molecule has 0 aromatic heterocycles. The number of amides is 3. The van der Waals surface area contributed by atoms with E-state index in [1.807, 2.05) is 19.9 Å². The topological polar surface area (TPSA) is 190 Å². The number of fused-ring (bicyclic) bond motifs is 6. The molecule has 0 saturated carbocycles. The Hall–Kier alpha value is -3.48. The fourth-order valence-electron chi connectivity index (χ4n) is 7.36. The molecule has 18 heteroatoms. The largest absolute Gasteiger partial charge is 0.495 e. The number of rotatable bonds is 13. The summed E-state index contributed by atoms with van der Waals surface area (Å²) in [5.41, 5.74) is -2.26. The Balaban J connectivity index is 1.63. The van der Waals surface area contributed by atoms with Gasteiger partial charge in [-0.3, -0.25) is 19.7 Å². The lowest BCUT2D eigenvalue weighted by Crippen LogP contribution is -2.72. The number of anilines is 1. The Kier molecular flexibility index (Phi) is 16.0. The molecule has 322 valence electrons. The SMILES string of the molecule is COc1cc2cc(c1Cl)N(C)C(=O)CC(OC(=O)C(C)N(C)C(=O)CCSSC(C)CCC(=O)O)C1(C)CC(C)(O1)C1CC(O)(NC(=O)O1)C(OC)/C=C/C=C(\C)C2. The molecule has 8 unspecified atom stereocenters. The number of carboxylic acids is 1. The van der Waals surface area contributed by atoms with Crippen molar-refractivity contribution in [3.8, 4) is 5.75 Å². The van der Waals surface area contributed by atoms with Crippen molar-refractivity contribution in [2.45, 2.75) is 126 Å². The van der Waals surface area contributed by atoms with Crippen LogP contribution in [0.3, 0.4) is 0 Å². The second kappa shape index (κ2) is 19.7. The summed E-state index contributed by atoms with van der Waals surface area (Å²) >= 11 is 6.77. The van der Waals surface area contributed by atoms with E-state index in [-0.39, 0.29) is 48.3 Å². The number of esters is 1. The van der Waals surface area contributed by atoms with E-state index in [2.05, 4.69) is 5.32 Å². The van der Waals surface area contributed by atoms with Crippen molar-refractivity contribution in [3.63, 3.8) is 0 Å². The van der Waals surface area contributed by atoms with Gasteiger partial charge in [0.05, 0.1) is 19.2 Å². The van der Waals surface area contributed by atoms with Gasteiger partial charge in [-0.2, -0.15) is 0 Å². The summed E-state index contributed by atoms with van der Waals surface area (Å²) in [5.74, 6) is -1.58. The van der Waals surface area contributed by atoms with Gasteiger partial charge < -0.3 is 43.7 Å². The highest BCUT2D eigenvalue weighted by Gasteiger charge is 2.63. The van der Waals surface area contributed by atoms with Crippen molar-refractivity contribution >= 4 is 68.7 Å². The van der Waals surface area contributed by atoms with Gasteiger partial charge in [0.25, 0.3) is 0 Å². The van der Waals surface area contributed by atoms with Crippen LogP contribution in [0.15, 0.2) is 35.9 Å². The second-order valence-corrected chi connectivity index (χ2v) is 18.9. The summed E-state index contributed by atoms with van der Waals surface area (Å²) in [4.78, 5) is 67.7. The minimum atomic E-state index is -1.88. The van der Waals surface area contributed by atoms with Crippen molar-refractivity contribution in [1.82, 2.24) is 10.2 Å². The third kappa shape index (κ3) is 11.4. The van der Waals surface area contributed by atoms with Gasteiger partial charge in [0, 0.05) is 57.9 Å². The van der Waals surface area contributed by atoms with Crippen molar-refractivity contribution in [3.05, 3.63) is 46.5 Å². The molecule has 1 aromatic carbocycles. The lowest BCUT2D eigenvalue weighted by atomic mass is 9.72. The van der Waals surface area contributed by atoms with Crippen molar-refractivity contribution in [2.75, 3.05) is 39.0 Å². The number of hydrogen-bond acceptors (Lipinski definition) is 13. The summed E-state index contributed by atoms with van der Waals surface area (Å²) in [6.07, 6.45) is 2.03. The molecule has 2 saturated heterocycles. The number of hydrogen-bond donors (Lipinski definition) is 3. The number of carbonyl (C=O) groups excluding carboxylic acids is 4. The van der Waals surface area contributed by atoms with E-state index in [9.17, 15) is 29.1 Å². The number of halogens is 1. The lowest BCUT2D eigenvalue weighted by molar-refractivity contribution is -0.328. The molecule has 2 fully saturated rings. The van der Waals surface area contributed by atoms with Crippen LogP contribution in [-0.4, -0.2) is 126 Å². The maximum atomic E-state index is 14.2. The molecule has 0 aliphatic carbocycles. The number of benzene rings is 1. The molecule has 4 heterocycles. The van der Waals surface area contributed by atoms with Gasteiger partial charge in [0.15, 0.2) is 5.72 Å². The van der Waals surface area contributed by atoms with E-state index >= 15 is 0 Å². The highest BCUT2D eigenvalue weighted by atomic mass is 35.5. The van der Waals surface area contributed by atoms with Gasteiger partial charge in [0.1, 0.15) is 46.3 Å². The van der Waals surface area contributed by atoms with Crippen LogP contribution in [0.2, 0.25) is 5.02 Å². The van der Waals surface area contributed by atoms with E-state index in [0.717, 1.165) is 11.1 Å². The van der Waals surface area contributed by atoms with Crippen LogP contribution in [0.1, 0.15) is 78.7 Å². The fourth-order valence-corrected chi connectivity index (χ4v) is 9.99. The number of allylic oxidation sites excluding steroid dienone is 3. The van der Waals surface area contributed by atoms with Crippen molar-refractivity contribution < 1.29 is 57.9 Å². The Morgan fingerprint density at radius 2 is 1.84 bits per heavy atom. The number of alkyl carbamates (subject to hydrolysis) is 1. The van der Waals surface area contributed by atoms with Crippen LogP contribution < -0.4 is 15.0 Å². The van der Waals surface area contributed by atoms with Gasteiger partial charge in [-0.1, -0.05) is 63.9 Å². The monoisotopic (exact) mass is 869 g/mol. The van der Waals surface area contributed by atoms with Gasteiger partial charge in [-0.15, -0.1) is 0 Å². The van der Waals surface area contributed by atoms with Crippen molar-refractivity contribution in [2.24, 2.45) is 0 Å². The molecular formula is C40H56ClN3O12S2. The highest BCUT2D eigenvalue weighted by Crippen LogP contribution is 2.50. The first-order valence-corrected chi connectivity index (χ1v) is 21.8. The average Bonchev–Trinajstić information content (AvgIpc) is 3.15. The number of aliphatic carboxylic acids is 1. The molecule has 8 atom stereocenters. The van der Waals surface area contributed by atoms with Crippen LogP contribution in [0.5, 0.6) is 5.75 Å². The summed E-state index contributed by atoms with van der Waals surface area (Å²) in [6.45, 7) is 8.78. The maximum absolute atomic E-state index is 14.2. The van der Waals surface area contributed by atoms with Gasteiger partial charge in [0.2, 0.25) is 11.8 Å². The first-order chi connectivity index (χ1) is 27.1. The Morgan fingerprint density at radius 3 is 2.48 bits per heavy atom. The predicted molar refractivity (Wildman–Crippen MR) is 222 cm³/mol. The Bertz CT molecular complexity index is 1770. The van der Waals surface area contributed by atoms with Crippen LogP contribution in [-0.2, 0) is 44.5 Å². The Morgan fingerprint density at radius 1 is 1.16 bits per heavy atom. The molecule has 5 rings (SSSR count). The third-order valence-corrected chi connectivity index (χ3v) is 14.2. The van der Waals surface area contributed by atoms with Gasteiger partial charge in [-0.25, -0.2) is 9.59 Å². The molecule has 4 aliphatic rings. The minimum Gasteiger partial charge on any atom is -0.495 e. The molecule has 0 spiro atoms.